The van der Waals surface area contributed by atoms with Gasteiger partial charge in [0.1, 0.15) is 17.4 Å². The molecule has 0 bridgehead atoms. The molecule has 1 unspecified atom stereocenters. The zero-order chi connectivity index (χ0) is 19.7. The van der Waals surface area contributed by atoms with Gasteiger partial charge in [-0.2, -0.15) is 0 Å². The lowest BCUT2D eigenvalue weighted by Gasteiger charge is -2.33. The molecule has 2 N–H and O–H groups in total. The zero-order valence-corrected chi connectivity index (χ0v) is 15.0. The molecule has 1 atom stereocenters. The molecule has 0 spiro atoms. The number of anilines is 2. The van der Waals surface area contributed by atoms with E-state index in [0.29, 0.717) is 48.6 Å². The Balaban J connectivity index is 1.45. The Hall–Kier alpha value is -3.16. The zero-order valence-electron chi connectivity index (χ0n) is 15.0. The Morgan fingerprint density at radius 1 is 1.21 bits per heavy atom. The second-order valence-corrected chi connectivity index (χ2v) is 6.93. The average Bonchev–Trinajstić information content (AvgIpc) is 2.69. The lowest BCUT2D eigenvalue weighted by molar-refractivity contribution is -0.118. The van der Waals surface area contributed by atoms with Crippen molar-refractivity contribution in [2.24, 2.45) is 0 Å². The fraction of sp³-hybridized carbons (Fsp3) is 0.300. The van der Waals surface area contributed by atoms with Crippen LogP contribution >= 0.6 is 0 Å². The van der Waals surface area contributed by atoms with Crippen LogP contribution in [0.1, 0.15) is 24.3 Å². The number of carbonyl (C=O) groups excluding carboxylic acids is 2. The highest BCUT2D eigenvalue weighted by molar-refractivity contribution is 5.97. The second kappa shape index (κ2) is 7.46. The number of ether oxygens (including phenoxy) is 1. The van der Waals surface area contributed by atoms with E-state index in [1.807, 2.05) is 0 Å². The number of nitrogens with zero attached hydrogens (tertiary/aromatic N) is 1. The van der Waals surface area contributed by atoms with Gasteiger partial charge >= 0.3 is 6.03 Å². The fourth-order valence-electron chi connectivity index (χ4n) is 3.61. The van der Waals surface area contributed by atoms with E-state index in [4.69, 9.17) is 4.74 Å². The van der Waals surface area contributed by atoms with E-state index in [2.05, 4.69) is 10.6 Å². The van der Waals surface area contributed by atoms with Crippen molar-refractivity contribution in [3.05, 3.63) is 53.6 Å². The van der Waals surface area contributed by atoms with E-state index in [1.54, 1.807) is 23.1 Å². The van der Waals surface area contributed by atoms with Gasteiger partial charge in [0.15, 0.2) is 6.61 Å². The van der Waals surface area contributed by atoms with E-state index in [1.165, 1.54) is 6.07 Å². The van der Waals surface area contributed by atoms with Crippen molar-refractivity contribution < 1.29 is 23.1 Å². The van der Waals surface area contributed by atoms with E-state index < -0.39 is 11.6 Å². The van der Waals surface area contributed by atoms with Gasteiger partial charge in [0.25, 0.3) is 5.91 Å². The molecule has 0 aliphatic carbocycles. The van der Waals surface area contributed by atoms with Crippen molar-refractivity contribution >= 4 is 23.3 Å². The minimum absolute atomic E-state index is 0.0372. The van der Waals surface area contributed by atoms with Crippen LogP contribution in [0.4, 0.5) is 25.0 Å². The van der Waals surface area contributed by atoms with Crippen LogP contribution in [0.25, 0.3) is 0 Å². The smallest absolute Gasteiger partial charge is 0.321 e. The number of carbonyl (C=O) groups is 2. The van der Waals surface area contributed by atoms with Crippen LogP contribution in [0.2, 0.25) is 0 Å². The molecule has 0 radical (unpaired) electrons. The van der Waals surface area contributed by atoms with Crippen LogP contribution in [0.15, 0.2) is 36.4 Å². The highest BCUT2D eigenvalue weighted by Crippen LogP contribution is 2.32. The summed E-state index contributed by atoms with van der Waals surface area (Å²) >= 11 is 0. The summed E-state index contributed by atoms with van der Waals surface area (Å²) in [6.07, 6.45) is 1.38. The quantitative estimate of drug-likeness (QED) is 0.825. The average molecular weight is 387 g/mol. The van der Waals surface area contributed by atoms with Crippen LogP contribution in [-0.4, -0.2) is 36.5 Å². The number of urea groups is 1. The fourth-order valence-corrected chi connectivity index (χ4v) is 3.61. The molecule has 28 heavy (non-hydrogen) atoms. The molecular weight excluding hydrogens is 368 g/mol. The highest BCUT2D eigenvalue weighted by atomic mass is 19.1. The van der Waals surface area contributed by atoms with Crippen molar-refractivity contribution in [1.29, 1.82) is 0 Å². The van der Waals surface area contributed by atoms with Gasteiger partial charge in [-0.25, -0.2) is 13.6 Å². The third-order valence-corrected chi connectivity index (χ3v) is 4.97. The molecule has 146 valence electrons. The standard InChI is InChI=1S/C20H19F2N3O3/c21-13-3-5-16(22)15(8-13)12-2-1-7-25(10-12)20(27)23-14-4-6-18-17(9-14)24-19(26)11-28-18/h3-6,8-9,12H,1-2,7,10-11H2,(H,23,27)(H,24,26). The van der Waals surface area contributed by atoms with Gasteiger partial charge < -0.3 is 20.3 Å². The largest absolute Gasteiger partial charge is 0.482 e. The summed E-state index contributed by atoms with van der Waals surface area (Å²) in [4.78, 5) is 25.7. The molecule has 0 saturated carbocycles. The number of hydrogen-bond acceptors (Lipinski definition) is 3. The minimum atomic E-state index is -0.490. The van der Waals surface area contributed by atoms with E-state index in [9.17, 15) is 18.4 Å². The first-order valence-corrected chi connectivity index (χ1v) is 9.07. The molecule has 8 heteroatoms. The van der Waals surface area contributed by atoms with Crippen LogP contribution in [0, 0.1) is 11.6 Å². The predicted molar refractivity (Wildman–Crippen MR) is 99.5 cm³/mol. The molecule has 6 nitrogen and oxygen atoms in total. The molecular formula is C20H19F2N3O3. The maximum atomic E-state index is 14.1. The number of nitrogens with one attached hydrogen (secondary N) is 2. The lowest BCUT2D eigenvalue weighted by atomic mass is 9.90. The number of hydrogen-bond donors (Lipinski definition) is 2. The van der Waals surface area contributed by atoms with Crippen molar-refractivity contribution in [2.75, 3.05) is 30.3 Å². The Morgan fingerprint density at radius 3 is 2.93 bits per heavy atom. The molecule has 2 aromatic rings. The summed E-state index contributed by atoms with van der Waals surface area (Å²) in [6, 6.07) is 8.06. The summed E-state index contributed by atoms with van der Waals surface area (Å²) in [5.41, 5.74) is 1.30. The SMILES string of the molecule is O=C1COc2ccc(NC(=O)N3CCCC(c4cc(F)ccc4F)C3)cc2N1. The summed E-state index contributed by atoms with van der Waals surface area (Å²) < 4.78 is 32.9. The van der Waals surface area contributed by atoms with Gasteiger partial charge in [0, 0.05) is 24.7 Å². The summed E-state index contributed by atoms with van der Waals surface area (Å²) in [5.74, 6) is -0.925. The van der Waals surface area contributed by atoms with E-state index in [0.717, 1.165) is 12.1 Å². The number of amides is 3. The summed E-state index contributed by atoms with van der Waals surface area (Å²) in [7, 11) is 0. The van der Waals surface area contributed by atoms with Gasteiger partial charge in [-0.05, 0) is 54.8 Å². The first-order chi connectivity index (χ1) is 13.5. The lowest BCUT2D eigenvalue weighted by Crippen LogP contribution is -2.41. The molecule has 2 heterocycles. The normalized spacial score (nSPS) is 18.7. The molecule has 2 aromatic carbocycles. The third-order valence-electron chi connectivity index (χ3n) is 4.97. The second-order valence-electron chi connectivity index (χ2n) is 6.93. The molecule has 2 aliphatic rings. The van der Waals surface area contributed by atoms with Crippen molar-refractivity contribution in [3.63, 3.8) is 0 Å². The predicted octanol–water partition coefficient (Wildman–Crippen LogP) is 3.71. The Bertz CT molecular complexity index is 935. The van der Waals surface area contributed by atoms with Crippen LogP contribution < -0.4 is 15.4 Å². The highest BCUT2D eigenvalue weighted by Gasteiger charge is 2.27. The van der Waals surface area contributed by atoms with Crippen molar-refractivity contribution in [3.8, 4) is 5.75 Å². The Kier molecular flexibility index (Phi) is 4.85. The van der Waals surface area contributed by atoms with Gasteiger partial charge in [-0.1, -0.05) is 0 Å². The van der Waals surface area contributed by atoms with E-state index in [-0.39, 0.29) is 24.5 Å². The van der Waals surface area contributed by atoms with Crippen LogP contribution in [0.3, 0.4) is 0 Å². The maximum absolute atomic E-state index is 14.1. The van der Waals surface area contributed by atoms with Gasteiger partial charge in [0.2, 0.25) is 0 Å². The minimum Gasteiger partial charge on any atom is -0.482 e. The monoisotopic (exact) mass is 387 g/mol. The Morgan fingerprint density at radius 2 is 2.07 bits per heavy atom. The van der Waals surface area contributed by atoms with Crippen molar-refractivity contribution in [1.82, 2.24) is 4.90 Å². The van der Waals surface area contributed by atoms with Crippen LogP contribution in [0.5, 0.6) is 5.75 Å². The van der Waals surface area contributed by atoms with Gasteiger partial charge in [0.05, 0.1) is 5.69 Å². The molecule has 1 saturated heterocycles. The topological polar surface area (TPSA) is 70.7 Å². The molecule has 2 aliphatic heterocycles. The first-order valence-electron chi connectivity index (χ1n) is 9.07. The molecule has 0 aromatic heterocycles. The maximum Gasteiger partial charge on any atom is 0.321 e. The van der Waals surface area contributed by atoms with Gasteiger partial charge in [-0.3, -0.25) is 4.79 Å². The number of halogens is 2. The summed E-state index contributed by atoms with van der Waals surface area (Å²) in [5, 5.41) is 5.47. The molecule has 4 rings (SSSR count). The van der Waals surface area contributed by atoms with Crippen LogP contribution in [-0.2, 0) is 4.79 Å². The Labute approximate surface area is 160 Å². The number of fused-ring (bicyclic) bond motifs is 1. The molecule has 3 amide bonds. The van der Waals surface area contributed by atoms with Gasteiger partial charge in [-0.15, -0.1) is 0 Å². The number of rotatable bonds is 2. The first kappa shape index (κ1) is 18.2. The number of piperidine rings is 1. The van der Waals surface area contributed by atoms with E-state index >= 15 is 0 Å². The van der Waals surface area contributed by atoms with Crippen molar-refractivity contribution in [2.45, 2.75) is 18.8 Å². The number of likely N-dealkylation sites (tertiary alicyclic amines) is 1. The summed E-state index contributed by atoms with van der Waals surface area (Å²) in [6.45, 7) is 0.797. The third kappa shape index (κ3) is 3.76. The molecule has 1 fully saturated rings. The number of benzene rings is 2.